The minimum atomic E-state index is -0.304. The molecule has 5 nitrogen and oxygen atoms in total. The molecule has 110 valence electrons. The van der Waals surface area contributed by atoms with E-state index >= 15 is 0 Å². The standard InChI is InChI=1S/C14H25NO4/c1-4-11-5-7-12(8-6-11)15(9-13(16)18-2)10-14(17)19-3/h11-12H,4-10H2,1-3H3. The third-order valence-electron chi connectivity index (χ3n) is 4.03. The highest BCUT2D eigenvalue weighted by molar-refractivity contribution is 5.74. The molecule has 19 heavy (non-hydrogen) atoms. The molecule has 0 aromatic rings. The van der Waals surface area contributed by atoms with Gasteiger partial charge in [0, 0.05) is 6.04 Å². The Labute approximate surface area is 115 Å². The van der Waals surface area contributed by atoms with E-state index in [4.69, 9.17) is 9.47 Å². The Kier molecular flexibility index (Phi) is 6.84. The molecule has 0 heterocycles. The second-order valence-electron chi connectivity index (χ2n) is 5.14. The van der Waals surface area contributed by atoms with Crippen LogP contribution in [0.2, 0.25) is 0 Å². The Morgan fingerprint density at radius 2 is 1.47 bits per heavy atom. The average molecular weight is 271 g/mol. The Morgan fingerprint density at radius 3 is 1.84 bits per heavy atom. The van der Waals surface area contributed by atoms with Crippen LogP contribution in [0.4, 0.5) is 0 Å². The molecule has 0 bridgehead atoms. The number of rotatable bonds is 6. The highest BCUT2D eigenvalue weighted by Gasteiger charge is 2.28. The van der Waals surface area contributed by atoms with Crippen LogP contribution in [0.25, 0.3) is 0 Å². The molecule has 0 aliphatic heterocycles. The number of carbonyl (C=O) groups excluding carboxylic acids is 2. The molecule has 1 aliphatic carbocycles. The minimum absolute atomic E-state index is 0.160. The lowest BCUT2D eigenvalue weighted by molar-refractivity contribution is -0.147. The molecule has 0 aromatic heterocycles. The number of nitrogens with zero attached hydrogens (tertiary/aromatic N) is 1. The summed E-state index contributed by atoms with van der Waals surface area (Å²) in [6, 6.07) is 0.279. The van der Waals surface area contributed by atoms with Gasteiger partial charge in [0.15, 0.2) is 0 Å². The van der Waals surface area contributed by atoms with Crippen LogP contribution in [0.5, 0.6) is 0 Å². The summed E-state index contributed by atoms with van der Waals surface area (Å²) in [5.74, 6) is 0.178. The third-order valence-corrected chi connectivity index (χ3v) is 4.03. The van der Waals surface area contributed by atoms with Gasteiger partial charge >= 0.3 is 11.9 Å². The van der Waals surface area contributed by atoms with Crippen molar-refractivity contribution in [1.82, 2.24) is 4.90 Å². The zero-order valence-corrected chi connectivity index (χ0v) is 12.2. The maximum absolute atomic E-state index is 11.4. The fourth-order valence-corrected chi connectivity index (χ4v) is 2.69. The third kappa shape index (κ3) is 5.19. The van der Waals surface area contributed by atoms with E-state index in [2.05, 4.69) is 6.92 Å². The van der Waals surface area contributed by atoms with Crippen LogP contribution in [-0.4, -0.2) is 50.2 Å². The SMILES string of the molecule is CCC1CCC(N(CC(=O)OC)CC(=O)OC)CC1. The van der Waals surface area contributed by atoms with Gasteiger partial charge in [-0.2, -0.15) is 0 Å². The van der Waals surface area contributed by atoms with Crippen molar-refractivity contribution in [2.45, 2.75) is 45.1 Å². The monoisotopic (exact) mass is 271 g/mol. The largest absolute Gasteiger partial charge is 0.468 e. The number of hydrogen-bond acceptors (Lipinski definition) is 5. The highest BCUT2D eigenvalue weighted by atomic mass is 16.5. The fraction of sp³-hybridized carbons (Fsp3) is 0.857. The van der Waals surface area contributed by atoms with Crippen molar-refractivity contribution in [1.29, 1.82) is 0 Å². The number of methoxy groups -OCH3 is 2. The van der Waals surface area contributed by atoms with E-state index in [9.17, 15) is 9.59 Å². The molecule has 0 atom stereocenters. The normalized spacial score (nSPS) is 23.2. The van der Waals surface area contributed by atoms with Gasteiger partial charge in [-0.05, 0) is 31.6 Å². The Bertz CT molecular complexity index is 280. The van der Waals surface area contributed by atoms with Gasteiger partial charge < -0.3 is 9.47 Å². The van der Waals surface area contributed by atoms with Gasteiger partial charge in [-0.3, -0.25) is 14.5 Å². The first-order valence-electron chi connectivity index (χ1n) is 6.98. The van der Waals surface area contributed by atoms with E-state index in [1.165, 1.54) is 33.5 Å². The summed E-state index contributed by atoms with van der Waals surface area (Å²) in [5.41, 5.74) is 0. The first-order valence-corrected chi connectivity index (χ1v) is 6.98. The zero-order chi connectivity index (χ0) is 14.3. The number of carbonyl (C=O) groups is 2. The lowest BCUT2D eigenvalue weighted by Gasteiger charge is -2.35. The fourth-order valence-electron chi connectivity index (χ4n) is 2.69. The van der Waals surface area contributed by atoms with Crippen LogP contribution in [-0.2, 0) is 19.1 Å². The Balaban J connectivity index is 2.57. The topological polar surface area (TPSA) is 55.8 Å². The van der Waals surface area contributed by atoms with Gasteiger partial charge in [-0.25, -0.2) is 0 Å². The van der Waals surface area contributed by atoms with Crippen LogP contribution in [0.1, 0.15) is 39.0 Å². The summed E-state index contributed by atoms with van der Waals surface area (Å²) < 4.78 is 9.39. The molecule has 0 saturated heterocycles. The zero-order valence-electron chi connectivity index (χ0n) is 12.2. The first-order chi connectivity index (χ1) is 9.10. The maximum Gasteiger partial charge on any atom is 0.319 e. The van der Waals surface area contributed by atoms with Crippen molar-refractivity contribution in [3.8, 4) is 0 Å². The predicted octanol–water partition coefficient (Wildman–Crippen LogP) is 1.60. The van der Waals surface area contributed by atoms with Crippen LogP contribution in [0.3, 0.4) is 0 Å². The van der Waals surface area contributed by atoms with E-state index < -0.39 is 0 Å². The van der Waals surface area contributed by atoms with Crippen LogP contribution in [0, 0.1) is 5.92 Å². The molecule has 0 aromatic carbocycles. The molecule has 0 amide bonds. The molecule has 0 N–H and O–H groups in total. The van der Waals surface area contributed by atoms with Crippen molar-refractivity contribution in [2.24, 2.45) is 5.92 Å². The lowest BCUT2D eigenvalue weighted by Crippen LogP contribution is -2.44. The van der Waals surface area contributed by atoms with Gasteiger partial charge in [0.05, 0.1) is 27.3 Å². The summed E-state index contributed by atoms with van der Waals surface area (Å²) in [4.78, 5) is 24.8. The van der Waals surface area contributed by atoms with Crippen molar-refractivity contribution in [3.05, 3.63) is 0 Å². The number of hydrogen-bond donors (Lipinski definition) is 0. The molecule has 0 unspecified atom stereocenters. The van der Waals surface area contributed by atoms with Crippen molar-refractivity contribution < 1.29 is 19.1 Å². The van der Waals surface area contributed by atoms with Crippen molar-refractivity contribution in [3.63, 3.8) is 0 Å². The van der Waals surface area contributed by atoms with Crippen LogP contribution < -0.4 is 0 Å². The van der Waals surface area contributed by atoms with E-state index in [0.29, 0.717) is 0 Å². The molecular weight excluding hydrogens is 246 g/mol. The minimum Gasteiger partial charge on any atom is -0.468 e. The number of ether oxygens (including phenoxy) is 2. The van der Waals surface area contributed by atoms with Crippen molar-refractivity contribution in [2.75, 3.05) is 27.3 Å². The lowest BCUT2D eigenvalue weighted by atomic mass is 9.84. The molecule has 0 spiro atoms. The van der Waals surface area contributed by atoms with Gasteiger partial charge in [-0.1, -0.05) is 13.3 Å². The number of esters is 2. The van der Waals surface area contributed by atoms with Gasteiger partial charge in [0.25, 0.3) is 0 Å². The quantitative estimate of drug-likeness (QED) is 0.687. The molecule has 1 fully saturated rings. The molecule has 1 saturated carbocycles. The summed E-state index contributed by atoms with van der Waals surface area (Å²) >= 11 is 0. The highest BCUT2D eigenvalue weighted by Crippen LogP contribution is 2.29. The molecule has 1 aliphatic rings. The van der Waals surface area contributed by atoms with E-state index in [1.54, 1.807) is 0 Å². The molecule has 5 heteroatoms. The summed E-state index contributed by atoms with van der Waals surface area (Å²) in [5, 5.41) is 0. The van der Waals surface area contributed by atoms with Gasteiger partial charge in [-0.15, -0.1) is 0 Å². The molecular formula is C14H25NO4. The van der Waals surface area contributed by atoms with E-state index in [1.807, 2.05) is 4.90 Å². The molecule has 1 rings (SSSR count). The average Bonchev–Trinajstić information content (AvgIpc) is 2.46. The summed E-state index contributed by atoms with van der Waals surface area (Å²) in [6.45, 7) is 2.53. The Morgan fingerprint density at radius 1 is 1.00 bits per heavy atom. The summed E-state index contributed by atoms with van der Waals surface area (Å²) in [6.07, 6.45) is 5.61. The van der Waals surface area contributed by atoms with Crippen LogP contribution in [0.15, 0.2) is 0 Å². The van der Waals surface area contributed by atoms with Gasteiger partial charge in [0.2, 0.25) is 0 Å². The smallest absolute Gasteiger partial charge is 0.319 e. The first kappa shape index (κ1) is 16.0. The van der Waals surface area contributed by atoms with Crippen molar-refractivity contribution >= 4 is 11.9 Å². The maximum atomic E-state index is 11.4. The second-order valence-corrected chi connectivity index (χ2v) is 5.14. The second kappa shape index (κ2) is 8.15. The van der Waals surface area contributed by atoms with Crippen LogP contribution >= 0.6 is 0 Å². The summed E-state index contributed by atoms with van der Waals surface area (Å²) in [7, 11) is 2.74. The van der Waals surface area contributed by atoms with E-state index in [0.717, 1.165) is 18.8 Å². The van der Waals surface area contributed by atoms with Gasteiger partial charge in [0.1, 0.15) is 0 Å². The Hall–Kier alpha value is -1.10. The predicted molar refractivity (Wildman–Crippen MR) is 71.6 cm³/mol. The molecule has 0 radical (unpaired) electrons. The van der Waals surface area contributed by atoms with E-state index in [-0.39, 0.29) is 31.1 Å².